The van der Waals surface area contributed by atoms with Crippen molar-refractivity contribution < 1.29 is 19.0 Å². The number of fused-ring (bicyclic) bond motifs is 5. The lowest BCUT2D eigenvalue weighted by atomic mass is 9.48. The van der Waals surface area contributed by atoms with E-state index in [9.17, 15) is 4.79 Å². The monoisotopic (exact) mass is 526 g/mol. The van der Waals surface area contributed by atoms with Crippen LogP contribution >= 0.6 is 0 Å². The molecule has 0 aromatic carbocycles. The molecule has 0 bridgehead atoms. The zero-order valence-corrected chi connectivity index (χ0v) is 25.1. The fraction of sp³-hybridized carbons (Fsp3) is 0.853. The van der Waals surface area contributed by atoms with Crippen LogP contribution < -0.4 is 0 Å². The topological polar surface area (TPSA) is 44.8 Å². The fourth-order valence-corrected chi connectivity index (χ4v) is 9.63. The summed E-state index contributed by atoms with van der Waals surface area (Å²) in [6, 6.07) is 0. The van der Waals surface area contributed by atoms with Crippen LogP contribution in [0.25, 0.3) is 0 Å². The highest BCUT2D eigenvalue weighted by molar-refractivity contribution is 5.96. The van der Waals surface area contributed by atoms with Gasteiger partial charge in [-0.2, -0.15) is 0 Å². The van der Waals surface area contributed by atoms with Crippen molar-refractivity contribution in [1.82, 2.24) is 0 Å². The summed E-state index contributed by atoms with van der Waals surface area (Å²) in [7, 11) is 0. The smallest absolute Gasteiger partial charge is 0.184 e. The van der Waals surface area contributed by atoms with E-state index in [1.807, 2.05) is 13.0 Å². The molecule has 4 nitrogen and oxygen atoms in total. The van der Waals surface area contributed by atoms with Crippen LogP contribution in [0.5, 0.6) is 0 Å². The summed E-state index contributed by atoms with van der Waals surface area (Å²) in [4.78, 5) is 12.7. The summed E-state index contributed by atoms with van der Waals surface area (Å²) in [6.45, 7) is 15.5. The lowest BCUT2D eigenvalue weighted by Crippen LogP contribution is -2.51. The Bertz CT molecular complexity index is 913. The normalized spacial score (nSPS) is 41.7. The van der Waals surface area contributed by atoms with Gasteiger partial charge in [0.2, 0.25) is 0 Å². The first-order valence-corrected chi connectivity index (χ1v) is 15.9. The Balaban J connectivity index is 1.21. The number of carbonyl (C=O) groups is 1. The Kier molecular flexibility index (Phi) is 8.36. The van der Waals surface area contributed by atoms with Gasteiger partial charge in [0.25, 0.3) is 0 Å². The maximum atomic E-state index is 12.7. The lowest BCUT2D eigenvalue weighted by Gasteiger charge is -2.57. The van der Waals surface area contributed by atoms with E-state index in [4.69, 9.17) is 14.2 Å². The molecule has 5 aliphatic rings. The van der Waals surface area contributed by atoms with Crippen LogP contribution in [0.3, 0.4) is 0 Å². The molecular formula is C34H54O4. The van der Waals surface area contributed by atoms with E-state index < -0.39 is 0 Å². The molecule has 9 atom stereocenters. The third-order valence-corrected chi connectivity index (χ3v) is 11.7. The summed E-state index contributed by atoms with van der Waals surface area (Å²) in [5.74, 6) is 3.73. The molecule has 4 heteroatoms. The van der Waals surface area contributed by atoms with Crippen molar-refractivity contribution in [1.29, 1.82) is 0 Å². The molecule has 0 amide bonds. The molecular weight excluding hydrogens is 472 g/mol. The minimum Gasteiger partial charge on any atom is -0.370 e. The standard InChI is InChI=1S/C34H54O4/c1-7-36-30-22-34(6)24(21-29(30)35)13-14-25-27-16-15-26(33(27,5)19-17-28(25)34)23(2)11-10-18-32(3,4)38-31-12-8-9-20-37-31/h13-14,21,23,25-28,30-31H,7-12,15-20,22H2,1-6H3/t23-,25+,26-,27+,28+,30-,31?,33-,34+/m1/s1. The summed E-state index contributed by atoms with van der Waals surface area (Å²) < 4.78 is 18.1. The molecule has 0 spiro atoms. The van der Waals surface area contributed by atoms with E-state index in [1.165, 1.54) is 56.9 Å². The Morgan fingerprint density at radius 3 is 2.68 bits per heavy atom. The van der Waals surface area contributed by atoms with Gasteiger partial charge in [-0.1, -0.05) is 45.8 Å². The van der Waals surface area contributed by atoms with Gasteiger partial charge in [0, 0.05) is 13.2 Å². The maximum absolute atomic E-state index is 12.7. The second-order valence-electron chi connectivity index (χ2n) is 14.5. The van der Waals surface area contributed by atoms with Crippen LogP contribution in [0.2, 0.25) is 0 Å². The molecule has 1 aliphatic heterocycles. The third-order valence-electron chi connectivity index (χ3n) is 11.7. The van der Waals surface area contributed by atoms with Gasteiger partial charge in [0.05, 0.1) is 5.60 Å². The quantitative estimate of drug-likeness (QED) is 0.305. The molecule has 3 fully saturated rings. The summed E-state index contributed by atoms with van der Waals surface area (Å²) in [5.41, 5.74) is 1.63. The van der Waals surface area contributed by atoms with Crippen LogP contribution in [-0.4, -0.2) is 37.0 Å². The summed E-state index contributed by atoms with van der Waals surface area (Å²) in [5, 5.41) is 0. The van der Waals surface area contributed by atoms with E-state index in [0.29, 0.717) is 23.9 Å². The SMILES string of the molecule is CCO[C@@H]1C[C@@]2(C)C(=CC1=O)C=C[C@H]1[C@@H]3CC[C@H]([C@H](C)CCCC(C)(C)OC4CCCCO4)[C@@]3(C)CC[C@@H]12. The van der Waals surface area contributed by atoms with E-state index in [1.54, 1.807) is 0 Å². The average molecular weight is 527 g/mol. The minimum absolute atomic E-state index is 0.00673. The molecule has 38 heavy (non-hydrogen) atoms. The lowest BCUT2D eigenvalue weighted by molar-refractivity contribution is -0.217. The number of hydrogen-bond acceptors (Lipinski definition) is 4. The predicted octanol–water partition coefficient (Wildman–Crippen LogP) is 8.05. The van der Waals surface area contributed by atoms with Crippen molar-refractivity contribution in [2.45, 2.75) is 130 Å². The zero-order valence-electron chi connectivity index (χ0n) is 25.1. The van der Waals surface area contributed by atoms with Gasteiger partial charge in [0.1, 0.15) is 6.10 Å². The predicted molar refractivity (Wildman–Crippen MR) is 153 cm³/mol. The number of rotatable bonds is 9. The van der Waals surface area contributed by atoms with Gasteiger partial charge >= 0.3 is 0 Å². The number of allylic oxidation sites excluding steroid dienone is 3. The largest absolute Gasteiger partial charge is 0.370 e. The van der Waals surface area contributed by atoms with Gasteiger partial charge in [-0.15, -0.1) is 0 Å². The first kappa shape index (κ1) is 28.6. The molecule has 5 rings (SSSR count). The van der Waals surface area contributed by atoms with Crippen LogP contribution in [0, 0.1) is 40.4 Å². The van der Waals surface area contributed by atoms with Crippen molar-refractivity contribution in [2.24, 2.45) is 40.4 Å². The molecule has 1 saturated heterocycles. The Morgan fingerprint density at radius 1 is 1.13 bits per heavy atom. The first-order chi connectivity index (χ1) is 18.1. The van der Waals surface area contributed by atoms with Crippen LogP contribution in [0.4, 0.5) is 0 Å². The molecule has 0 radical (unpaired) electrons. The minimum atomic E-state index is -0.261. The number of ether oxygens (including phenoxy) is 3. The Morgan fingerprint density at radius 2 is 1.95 bits per heavy atom. The maximum Gasteiger partial charge on any atom is 0.184 e. The van der Waals surface area contributed by atoms with Crippen LogP contribution in [-0.2, 0) is 19.0 Å². The van der Waals surface area contributed by atoms with Crippen molar-refractivity contribution in [3.05, 3.63) is 23.8 Å². The number of hydrogen-bond donors (Lipinski definition) is 0. The highest BCUT2D eigenvalue weighted by Gasteiger charge is 2.59. The summed E-state index contributed by atoms with van der Waals surface area (Å²) >= 11 is 0. The summed E-state index contributed by atoms with van der Waals surface area (Å²) in [6.07, 6.45) is 19.7. The Labute approximate surface area is 232 Å². The first-order valence-electron chi connectivity index (χ1n) is 15.9. The molecule has 0 aromatic heterocycles. The third kappa shape index (κ3) is 5.36. The second kappa shape index (κ2) is 11.1. The molecule has 1 heterocycles. The van der Waals surface area contributed by atoms with E-state index in [0.717, 1.165) is 43.6 Å². The van der Waals surface area contributed by atoms with Gasteiger partial charge in [-0.3, -0.25) is 4.79 Å². The van der Waals surface area contributed by atoms with Crippen molar-refractivity contribution in [3.63, 3.8) is 0 Å². The van der Waals surface area contributed by atoms with E-state index in [-0.39, 0.29) is 29.2 Å². The molecule has 0 aromatic rings. The van der Waals surface area contributed by atoms with Crippen LogP contribution in [0.1, 0.15) is 112 Å². The average Bonchev–Trinajstić information content (AvgIpc) is 3.22. The van der Waals surface area contributed by atoms with Crippen molar-refractivity contribution in [3.8, 4) is 0 Å². The fourth-order valence-electron chi connectivity index (χ4n) is 9.63. The molecule has 214 valence electrons. The second-order valence-corrected chi connectivity index (χ2v) is 14.5. The van der Waals surface area contributed by atoms with Crippen molar-refractivity contribution in [2.75, 3.05) is 13.2 Å². The van der Waals surface area contributed by atoms with Gasteiger partial charge in [-0.25, -0.2) is 0 Å². The highest BCUT2D eigenvalue weighted by atomic mass is 16.7. The van der Waals surface area contributed by atoms with Crippen molar-refractivity contribution >= 4 is 5.78 Å². The van der Waals surface area contributed by atoms with E-state index >= 15 is 0 Å². The van der Waals surface area contributed by atoms with E-state index in [2.05, 4.69) is 46.8 Å². The molecule has 0 N–H and O–H groups in total. The number of ketones is 1. The zero-order chi connectivity index (χ0) is 27.1. The molecule has 2 saturated carbocycles. The highest BCUT2D eigenvalue weighted by Crippen LogP contribution is 2.66. The van der Waals surface area contributed by atoms with Gasteiger partial charge < -0.3 is 14.2 Å². The van der Waals surface area contributed by atoms with Gasteiger partial charge in [0.15, 0.2) is 12.1 Å². The van der Waals surface area contributed by atoms with Gasteiger partial charge in [-0.05, 0) is 131 Å². The molecule has 4 aliphatic carbocycles. The van der Waals surface area contributed by atoms with Crippen LogP contribution in [0.15, 0.2) is 23.8 Å². The molecule has 1 unspecified atom stereocenters. The Hall–Kier alpha value is -0.970. The number of carbonyl (C=O) groups excluding carboxylic acids is 1.